The molecule has 0 radical (unpaired) electrons. The van der Waals surface area contributed by atoms with Gasteiger partial charge in [0, 0.05) is 40.6 Å². The number of carbonyl (C=O) groups is 1. The normalized spacial score (nSPS) is 13.3. The van der Waals surface area contributed by atoms with Gasteiger partial charge < -0.3 is 10.1 Å². The van der Waals surface area contributed by atoms with Crippen LogP contribution in [0.3, 0.4) is 0 Å². The molecule has 0 atom stereocenters. The number of thiophene rings is 1. The number of amides is 1. The van der Waals surface area contributed by atoms with E-state index in [9.17, 15) is 4.79 Å². The molecule has 4 aromatic rings. The number of hydrogen-bond acceptors (Lipinski definition) is 7. The molecule has 2 aromatic carbocycles. The van der Waals surface area contributed by atoms with Gasteiger partial charge in [0.15, 0.2) is 0 Å². The molecule has 0 fully saturated rings. The van der Waals surface area contributed by atoms with Gasteiger partial charge in [-0.1, -0.05) is 19.1 Å². The van der Waals surface area contributed by atoms with E-state index in [1.165, 1.54) is 15.1 Å². The number of hydrogen-bond donors (Lipinski definition) is 1. The number of carbonyl (C=O) groups excluding carboxylic acids is 1. The van der Waals surface area contributed by atoms with Crippen molar-refractivity contribution in [3.63, 3.8) is 0 Å². The summed E-state index contributed by atoms with van der Waals surface area (Å²) in [5.41, 5.74) is 3.51. The Labute approximate surface area is 224 Å². The van der Waals surface area contributed by atoms with Crippen molar-refractivity contribution in [3.05, 3.63) is 59.0 Å². The zero-order valence-corrected chi connectivity index (χ0v) is 23.0. The maximum atomic E-state index is 12.9. The zero-order chi connectivity index (χ0) is 23.5. The molecule has 0 aliphatic carbocycles. The van der Waals surface area contributed by atoms with E-state index in [1.54, 1.807) is 41.5 Å². The lowest BCUT2D eigenvalue weighted by molar-refractivity contribution is -0.115. The number of aromatic nitrogens is 1. The van der Waals surface area contributed by atoms with Crippen LogP contribution in [0.1, 0.15) is 23.8 Å². The van der Waals surface area contributed by atoms with Crippen LogP contribution < -0.4 is 10.1 Å². The molecule has 5 nitrogen and oxygen atoms in total. The number of thioether (sulfide) groups is 1. The van der Waals surface area contributed by atoms with Crippen LogP contribution in [-0.2, 0) is 17.8 Å². The van der Waals surface area contributed by atoms with E-state index in [1.807, 2.05) is 30.3 Å². The summed E-state index contributed by atoms with van der Waals surface area (Å²) in [7, 11) is 1.66. The van der Waals surface area contributed by atoms with E-state index in [2.05, 4.69) is 35.3 Å². The summed E-state index contributed by atoms with van der Waals surface area (Å²) in [6.07, 6.45) is 1.45. The molecule has 35 heavy (non-hydrogen) atoms. The van der Waals surface area contributed by atoms with Crippen molar-refractivity contribution < 1.29 is 9.53 Å². The van der Waals surface area contributed by atoms with E-state index < -0.39 is 0 Å². The number of ether oxygens (including phenoxy) is 1. The maximum absolute atomic E-state index is 12.9. The first-order chi connectivity index (χ1) is 16.6. The first-order valence-corrected chi connectivity index (χ1v) is 14.1. The van der Waals surface area contributed by atoms with Crippen LogP contribution >= 0.6 is 46.8 Å². The second kappa shape index (κ2) is 11.8. The second-order valence-corrected chi connectivity index (χ2v) is 11.4. The minimum atomic E-state index is 0. The standard InChI is InChI=1S/C26H27N3O2S3.ClH/c1-3-29-14-12-19-22(16-29)34-26(24(19)25-27-20-6-4-5-7-21(20)33-25)28-23(30)13-15-32-18-10-8-17(31-2)9-11-18;/h4-11H,3,12-16H2,1-2H3,(H,28,30);1H. The van der Waals surface area contributed by atoms with E-state index in [-0.39, 0.29) is 18.3 Å². The minimum absolute atomic E-state index is 0. The molecule has 9 heteroatoms. The number of nitrogens with one attached hydrogen (secondary N) is 1. The van der Waals surface area contributed by atoms with Gasteiger partial charge in [-0.15, -0.1) is 46.8 Å². The topological polar surface area (TPSA) is 54.5 Å². The molecule has 5 rings (SSSR count). The Morgan fingerprint density at radius 1 is 1.17 bits per heavy atom. The average Bonchev–Trinajstić information content (AvgIpc) is 3.44. The predicted molar refractivity (Wildman–Crippen MR) is 152 cm³/mol. The Bertz CT molecular complexity index is 1270. The summed E-state index contributed by atoms with van der Waals surface area (Å²) in [5.74, 6) is 1.62. The molecule has 0 saturated carbocycles. The van der Waals surface area contributed by atoms with Gasteiger partial charge in [-0.2, -0.15) is 0 Å². The van der Waals surface area contributed by atoms with E-state index in [0.29, 0.717) is 6.42 Å². The summed E-state index contributed by atoms with van der Waals surface area (Å²) in [5, 5.41) is 5.19. The molecule has 3 heterocycles. The number of halogens is 1. The molecule has 1 aliphatic rings. The molecule has 2 aromatic heterocycles. The third-order valence-electron chi connectivity index (χ3n) is 6.00. The van der Waals surface area contributed by atoms with Crippen molar-refractivity contribution >= 4 is 68.0 Å². The fourth-order valence-corrected chi connectivity index (χ4v) is 7.41. The van der Waals surface area contributed by atoms with Gasteiger partial charge in [-0.25, -0.2) is 4.98 Å². The highest BCUT2D eigenvalue weighted by atomic mass is 35.5. The smallest absolute Gasteiger partial charge is 0.225 e. The Morgan fingerprint density at radius 3 is 2.71 bits per heavy atom. The van der Waals surface area contributed by atoms with Gasteiger partial charge in [0.1, 0.15) is 15.8 Å². The molecular weight excluding hydrogens is 518 g/mol. The monoisotopic (exact) mass is 545 g/mol. The number of fused-ring (bicyclic) bond motifs is 2. The maximum Gasteiger partial charge on any atom is 0.225 e. The Morgan fingerprint density at radius 2 is 1.97 bits per heavy atom. The summed E-state index contributed by atoms with van der Waals surface area (Å²) in [6, 6.07) is 16.2. The number of methoxy groups -OCH3 is 1. The number of benzene rings is 2. The van der Waals surface area contributed by atoms with Crippen LogP contribution in [0.2, 0.25) is 0 Å². The van der Waals surface area contributed by atoms with Gasteiger partial charge in [-0.3, -0.25) is 9.69 Å². The van der Waals surface area contributed by atoms with Gasteiger partial charge in [0.25, 0.3) is 0 Å². The Balaban J connectivity index is 0.00000289. The summed E-state index contributed by atoms with van der Waals surface area (Å²) < 4.78 is 6.39. The predicted octanol–water partition coefficient (Wildman–Crippen LogP) is 6.95. The summed E-state index contributed by atoms with van der Waals surface area (Å²) in [4.78, 5) is 22.8. The van der Waals surface area contributed by atoms with Crippen molar-refractivity contribution in [1.82, 2.24) is 9.88 Å². The molecule has 184 valence electrons. The molecule has 0 saturated heterocycles. The lowest BCUT2D eigenvalue weighted by Crippen LogP contribution is -2.29. The largest absolute Gasteiger partial charge is 0.497 e. The van der Waals surface area contributed by atoms with Crippen LogP contribution in [0.25, 0.3) is 20.8 Å². The minimum Gasteiger partial charge on any atom is -0.497 e. The van der Waals surface area contributed by atoms with Crippen LogP contribution in [0, 0.1) is 0 Å². The van der Waals surface area contributed by atoms with E-state index in [0.717, 1.165) is 63.5 Å². The van der Waals surface area contributed by atoms with Crippen molar-refractivity contribution in [2.75, 3.05) is 31.3 Å². The average molecular weight is 546 g/mol. The molecular formula is C26H28ClN3O2S3. The fourth-order valence-electron chi connectivity index (χ4n) is 4.14. The number of para-hydroxylation sites is 1. The number of likely N-dealkylation sites (N-methyl/N-ethyl adjacent to an activating group) is 1. The van der Waals surface area contributed by atoms with Gasteiger partial charge in [0.05, 0.1) is 17.3 Å². The molecule has 0 unspecified atom stereocenters. The first-order valence-electron chi connectivity index (χ1n) is 11.4. The highest BCUT2D eigenvalue weighted by Gasteiger charge is 2.27. The molecule has 1 N–H and O–H groups in total. The van der Waals surface area contributed by atoms with Crippen molar-refractivity contribution in [1.29, 1.82) is 0 Å². The quantitative estimate of drug-likeness (QED) is 0.243. The van der Waals surface area contributed by atoms with Gasteiger partial charge in [0.2, 0.25) is 5.91 Å². The second-order valence-electron chi connectivity index (χ2n) is 8.14. The summed E-state index contributed by atoms with van der Waals surface area (Å²) >= 11 is 5.11. The third-order valence-corrected chi connectivity index (χ3v) is 9.20. The first kappa shape index (κ1) is 26.0. The molecule has 1 amide bonds. The number of nitrogens with zero attached hydrogens (tertiary/aromatic N) is 2. The van der Waals surface area contributed by atoms with Crippen molar-refractivity contribution in [2.45, 2.75) is 31.2 Å². The van der Waals surface area contributed by atoms with Crippen LogP contribution in [0.4, 0.5) is 5.00 Å². The molecule has 0 bridgehead atoms. The number of rotatable bonds is 8. The Hall–Kier alpha value is -2.10. The summed E-state index contributed by atoms with van der Waals surface area (Å²) in [6.45, 7) is 5.23. The third kappa shape index (κ3) is 5.84. The highest BCUT2D eigenvalue weighted by molar-refractivity contribution is 7.99. The van der Waals surface area contributed by atoms with E-state index in [4.69, 9.17) is 9.72 Å². The number of thiazole rings is 1. The lowest BCUT2D eigenvalue weighted by atomic mass is 10.0. The zero-order valence-electron chi connectivity index (χ0n) is 19.7. The van der Waals surface area contributed by atoms with Crippen molar-refractivity contribution in [2.24, 2.45) is 0 Å². The van der Waals surface area contributed by atoms with Gasteiger partial charge in [-0.05, 0) is 54.9 Å². The van der Waals surface area contributed by atoms with Crippen LogP contribution in [0.15, 0.2) is 53.4 Å². The Kier molecular flexibility index (Phi) is 8.73. The molecule has 1 aliphatic heterocycles. The molecule has 0 spiro atoms. The van der Waals surface area contributed by atoms with Crippen LogP contribution in [-0.4, -0.2) is 41.7 Å². The lowest BCUT2D eigenvalue weighted by Gasteiger charge is -2.25. The van der Waals surface area contributed by atoms with Crippen LogP contribution in [0.5, 0.6) is 5.75 Å². The fraction of sp³-hybridized carbons (Fsp3) is 0.308. The van der Waals surface area contributed by atoms with Gasteiger partial charge >= 0.3 is 0 Å². The highest BCUT2D eigenvalue weighted by Crippen LogP contribution is 2.45. The van der Waals surface area contributed by atoms with E-state index >= 15 is 0 Å². The number of anilines is 1. The SMILES string of the molecule is CCN1CCc2c(sc(NC(=O)CCSc3ccc(OC)cc3)c2-c2nc3ccccc3s2)C1.Cl. The van der Waals surface area contributed by atoms with Crippen molar-refractivity contribution in [3.8, 4) is 16.3 Å².